The number of para-hydroxylation sites is 1. The highest BCUT2D eigenvalue weighted by molar-refractivity contribution is 9.10. The van der Waals surface area contributed by atoms with Crippen molar-refractivity contribution in [3.8, 4) is 0 Å². The largest absolute Gasteiger partial charge is 0.397 e. The molecule has 1 heterocycles. The average molecular weight is 283 g/mol. The Bertz CT molecular complexity index is 400. The fraction of sp³-hybridized carbons (Fsp3) is 0.417. The minimum atomic E-state index is 0.123. The minimum absolute atomic E-state index is 0.123. The van der Waals surface area contributed by atoms with Crippen LogP contribution in [0.25, 0.3) is 0 Å². The van der Waals surface area contributed by atoms with Gasteiger partial charge in [0, 0.05) is 22.5 Å². The van der Waals surface area contributed by atoms with Crippen LogP contribution in [0.15, 0.2) is 22.7 Å². The Balaban J connectivity index is 2.11. The molecule has 3 N–H and O–H groups in total. The fourth-order valence-electron chi connectivity index (χ4n) is 2.04. The summed E-state index contributed by atoms with van der Waals surface area (Å²) in [6.07, 6.45) is 2.78. The van der Waals surface area contributed by atoms with Crippen molar-refractivity contribution >= 4 is 27.4 Å². The summed E-state index contributed by atoms with van der Waals surface area (Å²) >= 11 is 3.33. The van der Waals surface area contributed by atoms with E-state index in [9.17, 15) is 4.79 Å². The van der Waals surface area contributed by atoms with Gasteiger partial charge in [0.2, 0.25) is 0 Å². The Labute approximate surface area is 104 Å². The van der Waals surface area contributed by atoms with Gasteiger partial charge >= 0.3 is 0 Å². The van der Waals surface area contributed by atoms with Crippen LogP contribution in [0.4, 0.5) is 5.69 Å². The standard InChI is InChI=1S/C12H15BrN2O/c13-10-5-1-4-9(12(10)14)11(16)7-8-3-2-6-15-8/h1,4-5,8,15H,2-3,6-7,14H2. The van der Waals surface area contributed by atoms with Crippen molar-refractivity contribution in [2.45, 2.75) is 25.3 Å². The summed E-state index contributed by atoms with van der Waals surface area (Å²) in [7, 11) is 0. The van der Waals surface area contributed by atoms with Gasteiger partial charge in [-0.2, -0.15) is 0 Å². The first kappa shape index (κ1) is 11.6. The lowest BCUT2D eigenvalue weighted by Gasteiger charge is -2.11. The topological polar surface area (TPSA) is 55.1 Å². The summed E-state index contributed by atoms with van der Waals surface area (Å²) in [5.41, 5.74) is 7.04. The highest BCUT2D eigenvalue weighted by Gasteiger charge is 2.20. The van der Waals surface area contributed by atoms with Gasteiger partial charge in [-0.1, -0.05) is 6.07 Å². The summed E-state index contributed by atoms with van der Waals surface area (Å²) in [5.74, 6) is 0.123. The number of hydrogen-bond acceptors (Lipinski definition) is 3. The third-order valence-electron chi connectivity index (χ3n) is 2.95. The molecule has 1 atom stereocenters. The molecular weight excluding hydrogens is 268 g/mol. The van der Waals surface area contributed by atoms with Gasteiger partial charge in [-0.25, -0.2) is 0 Å². The minimum Gasteiger partial charge on any atom is -0.397 e. The molecule has 1 aromatic rings. The highest BCUT2D eigenvalue weighted by atomic mass is 79.9. The SMILES string of the molecule is Nc1c(Br)cccc1C(=O)CC1CCCN1. The summed E-state index contributed by atoms with van der Waals surface area (Å²) in [5, 5.41) is 3.32. The van der Waals surface area contributed by atoms with Crippen molar-refractivity contribution in [3.63, 3.8) is 0 Å². The van der Waals surface area contributed by atoms with Gasteiger partial charge in [-0.15, -0.1) is 0 Å². The number of rotatable bonds is 3. The van der Waals surface area contributed by atoms with Crippen LogP contribution in [0.2, 0.25) is 0 Å². The number of ketones is 1. The van der Waals surface area contributed by atoms with Crippen LogP contribution in [0.3, 0.4) is 0 Å². The molecular formula is C12H15BrN2O. The zero-order chi connectivity index (χ0) is 11.5. The molecule has 0 bridgehead atoms. The number of halogens is 1. The first-order chi connectivity index (χ1) is 7.68. The Hall–Kier alpha value is -0.870. The molecule has 86 valence electrons. The number of nitrogen functional groups attached to an aromatic ring is 1. The third-order valence-corrected chi connectivity index (χ3v) is 3.64. The first-order valence-corrected chi connectivity index (χ1v) is 6.28. The molecule has 1 fully saturated rings. The smallest absolute Gasteiger partial charge is 0.166 e. The Morgan fingerprint density at radius 1 is 1.56 bits per heavy atom. The van der Waals surface area contributed by atoms with E-state index >= 15 is 0 Å². The fourth-order valence-corrected chi connectivity index (χ4v) is 2.41. The van der Waals surface area contributed by atoms with Crippen molar-refractivity contribution in [1.82, 2.24) is 5.32 Å². The van der Waals surface area contributed by atoms with E-state index < -0.39 is 0 Å². The summed E-state index contributed by atoms with van der Waals surface area (Å²) in [6.45, 7) is 1.02. The summed E-state index contributed by atoms with van der Waals surface area (Å²) < 4.78 is 0.790. The van der Waals surface area contributed by atoms with Crippen LogP contribution in [-0.2, 0) is 0 Å². The predicted molar refractivity (Wildman–Crippen MR) is 68.5 cm³/mol. The molecule has 0 aromatic heterocycles. The molecule has 0 saturated carbocycles. The summed E-state index contributed by atoms with van der Waals surface area (Å²) in [4.78, 5) is 12.0. The van der Waals surface area contributed by atoms with Gasteiger partial charge in [-0.3, -0.25) is 4.79 Å². The van der Waals surface area contributed by atoms with Gasteiger partial charge in [0.05, 0.1) is 5.69 Å². The number of nitrogens with two attached hydrogens (primary N) is 1. The van der Waals surface area contributed by atoms with E-state index in [1.165, 1.54) is 0 Å². The van der Waals surface area contributed by atoms with E-state index in [0.717, 1.165) is 23.9 Å². The normalized spacial score (nSPS) is 19.9. The van der Waals surface area contributed by atoms with Gasteiger partial charge in [0.15, 0.2) is 5.78 Å². The average Bonchev–Trinajstić information content (AvgIpc) is 2.74. The lowest BCUT2D eigenvalue weighted by molar-refractivity contribution is 0.0972. The molecule has 1 aliphatic heterocycles. The van der Waals surface area contributed by atoms with E-state index in [1.54, 1.807) is 6.07 Å². The summed E-state index contributed by atoms with van der Waals surface area (Å²) in [6, 6.07) is 5.80. The molecule has 4 heteroatoms. The van der Waals surface area contributed by atoms with Crippen LogP contribution in [0.1, 0.15) is 29.6 Å². The number of carbonyl (C=O) groups excluding carboxylic acids is 1. The van der Waals surface area contributed by atoms with E-state index in [1.807, 2.05) is 12.1 Å². The number of benzene rings is 1. The highest BCUT2D eigenvalue weighted by Crippen LogP contribution is 2.25. The van der Waals surface area contributed by atoms with E-state index in [0.29, 0.717) is 23.7 Å². The molecule has 1 saturated heterocycles. The quantitative estimate of drug-likeness (QED) is 0.661. The second kappa shape index (κ2) is 4.97. The maximum atomic E-state index is 12.0. The van der Waals surface area contributed by atoms with E-state index in [-0.39, 0.29) is 5.78 Å². The van der Waals surface area contributed by atoms with Crippen LogP contribution in [0.5, 0.6) is 0 Å². The maximum Gasteiger partial charge on any atom is 0.166 e. The predicted octanol–water partition coefficient (Wildman–Crippen LogP) is 2.36. The van der Waals surface area contributed by atoms with Crippen molar-refractivity contribution < 1.29 is 4.79 Å². The van der Waals surface area contributed by atoms with Crippen LogP contribution < -0.4 is 11.1 Å². The lowest BCUT2D eigenvalue weighted by Crippen LogP contribution is -2.24. The van der Waals surface area contributed by atoms with E-state index in [2.05, 4.69) is 21.2 Å². The first-order valence-electron chi connectivity index (χ1n) is 5.49. The van der Waals surface area contributed by atoms with Crippen LogP contribution in [-0.4, -0.2) is 18.4 Å². The third kappa shape index (κ3) is 2.44. The molecule has 16 heavy (non-hydrogen) atoms. The second-order valence-electron chi connectivity index (χ2n) is 4.12. The molecule has 1 unspecified atom stereocenters. The van der Waals surface area contributed by atoms with Crippen molar-refractivity contribution in [2.24, 2.45) is 0 Å². The molecule has 1 aliphatic rings. The number of carbonyl (C=O) groups is 1. The van der Waals surface area contributed by atoms with Crippen molar-refractivity contribution in [1.29, 1.82) is 0 Å². The second-order valence-corrected chi connectivity index (χ2v) is 4.98. The number of anilines is 1. The van der Waals surface area contributed by atoms with E-state index in [4.69, 9.17) is 5.73 Å². The lowest BCUT2D eigenvalue weighted by atomic mass is 10.0. The van der Waals surface area contributed by atoms with Gasteiger partial charge in [0.25, 0.3) is 0 Å². The van der Waals surface area contributed by atoms with Gasteiger partial charge in [0.1, 0.15) is 0 Å². The maximum absolute atomic E-state index is 12.0. The van der Waals surface area contributed by atoms with Crippen LogP contribution >= 0.6 is 15.9 Å². The van der Waals surface area contributed by atoms with Crippen LogP contribution in [0, 0.1) is 0 Å². The Morgan fingerprint density at radius 3 is 3.06 bits per heavy atom. The Kier molecular flexibility index (Phi) is 3.61. The molecule has 1 aromatic carbocycles. The number of Topliss-reactive ketones (excluding diaryl/α,β-unsaturated/α-hetero) is 1. The monoisotopic (exact) mass is 282 g/mol. The molecule has 0 amide bonds. The zero-order valence-corrected chi connectivity index (χ0v) is 10.6. The molecule has 2 rings (SSSR count). The van der Waals surface area contributed by atoms with Gasteiger partial charge in [-0.05, 0) is 47.4 Å². The Morgan fingerprint density at radius 2 is 2.38 bits per heavy atom. The zero-order valence-electron chi connectivity index (χ0n) is 9.00. The molecule has 0 aliphatic carbocycles. The van der Waals surface area contributed by atoms with Crippen molar-refractivity contribution in [3.05, 3.63) is 28.2 Å². The molecule has 0 radical (unpaired) electrons. The van der Waals surface area contributed by atoms with Crippen molar-refractivity contribution in [2.75, 3.05) is 12.3 Å². The number of nitrogens with one attached hydrogen (secondary N) is 1. The van der Waals surface area contributed by atoms with Gasteiger partial charge < -0.3 is 11.1 Å². The molecule has 0 spiro atoms. The number of hydrogen-bond donors (Lipinski definition) is 2. The molecule has 3 nitrogen and oxygen atoms in total.